The third-order valence-electron chi connectivity index (χ3n) is 4.34. The molecule has 1 saturated carbocycles. The van der Waals surface area contributed by atoms with Gasteiger partial charge in [-0.25, -0.2) is 0 Å². The summed E-state index contributed by atoms with van der Waals surface area (Å²) in [5.74, 6) is 1.41. The number of carbonyl (C=O) groups is 1. The van der Waals surface area contributed by atoms with Crippen LogP contribution in [0.15, 0.2) is 12.4 Å². The maximum Gasteiger partial charge on any atom is 0.241 e. The first-order chi connectivity index (χ1) is 10.1. The van der Waals surface area contributed by atoms with Gasteiger partial charge in [0, 0.05) is 18.8 Å². The molecule has 21 heavy (non-hydrogen) atoms. The van der Waals surface area contributed by atoms with Crippen LogP contribution in [-0.2, 0) is 11.3 Å². The summed E-state index contributed by atoms with van der Waals surface area (Å²) in [6.45, 7) is 5.05. The first kappa shape index (κ1) is 15.8. The molecule has 6 heteroatoms. The van der Waals surface area contributed by atoms with E-state index in [-0.39, 0.29) is 25.6 Å². The SMILES string of the molecule is C[C@@H]1CC[C@H](Nc2cnn(CC(=O)NCCO)c2)C[C@@H]1C. The monoisotopic (exact) mass is 294 g/mol. The van der Waals surface area contributed by atoms with E-state index < -0.39 is 0 Å². The number of carbonyl (C=O) groups excluding carboxylic acids is 1. The lowest BCUT2D eigenvalue weighted by Crippen LogP contribution is -2.30. The quantitative estimate of drug-likeness (QED) is 0.737. The van der Waals surface area contributed by atoms with Gasteiger partial charge in [-0.15, -0.1) is 0 Å². The Bertz CT molecular complexity index is 460. The molecule has 0 spiro atoms. The van der Waals surface area contributed by atoms with Crippen LogP contribution >= 0.6 is 0 Å². The molecular formula is C15H26N4O2. The Morgan fingerprint density at radius 2 is 2.24 bits per heavy atom. The summed E-state index contributed by atoms with van der Waals surface area (Å²) in [7, 11) is 0. The molecule has 3 atom stereocenters. The number of aromatic nitrogens is 2. The van der Waals surface area contributed by atoms with Gasteiger partial charge in [0.25, 0.3) is 0 Å². The number of nitrogens with zero attached hydrogens (tertiary/aromatic N) is 2. The number of nitrogens with one attached hydrogen (secondary N) is 2. The number of aliphatic hydroxyl groups excluding tert-OH is 1. The second kappa shape index (κ2) is 7.45. The van der Waals surface area contributed by atoms with Gasteiger partial charge in [0.2, 0.25) is 5.91 Å². The van der Waals surface area contributed by atoms with E-state index in [4.69, 9.17) is 5.11 Å². The van der Waals surface area contributed by atoms with Gasteiger partial charge >= 0.3 is 0 Å². The summed E-state index contributed by atoms with van der Waals surface area (Å²) >= 11 is 0. The van der Waals surface area contributed by atoms with E-state index in [2.05, 4.69) is 29.6 Å². The highest BCUT2D eigenvalue weighted by Gasteiger charge is 2.24. The lowest BCUT2D eigenvalue weighted by molar-refractivity contribution is -0.122. The Hall–Kier alpha value is -1.56. The topological polar surface area (TPSA) is 79.2 Å². The minimum absolute atomic E-state index is 0.0457. The van der Waals surface area contributed by atoms with Crippen molar-refractivity contribution in [3.8, 4) is 0 Å². The van der Waals surface area contributed by atoms with Gasteiger partial charge < -0.3 is 15.7 Å². The fraction of sp³-hybridized carbons (Fsp3) is 0.733. The highest BCUT2D eigenvalue weighted by Crippen LogP contribution is 2.30. The van der Waals surface area contributed by atoms with Crippen LogP contribution in [0, 0.1) is 11.8 Å². The highest BCUT2D eigenvalue weighted by molar-refractivity contribution is 5.75. The molecule has 2 rings (SSSR count). The molecule has 0 saturated heterocycles. The predicted octanol–water partition coefficient (Wildman–Crippen LogP) is 1.23. The van der Waals surface area contributed by atoms with E-state index in [9.17, 15) is 4.79 Å². The summed E-state index contributed by atoms with van der Waals surface area (Å²) in [6, 6.07) is 0.497. The zero-order valence-corrected chi connectivity index (χ0v) is 12.9. The van der Waals surface area contributed by atoms with E-state index in [1.165, 1.54) is 19.3 Å². The summed E-state index contributed by atoms with van der Waals surface area (Å²) in [4.78, 5) is 11.5. The molecular weight excluding hydrogens is 268 g/mol. The minimum atomic E-state index is -0.140. The Balaban J connectivity index is 1.81. The molecule has 0 aliphatic heterocycles. The third kappa shape index (κ3) is 4.74. The molecule has 1 aromatic rings. The van der Waals surface area contributed by atoms with Gasteiger partial charge in [-0.1, -0.05) is 13.8 Å². The van der Waals surface area contributed by atoms with Crippen LogP contribution in [0.4, 0.5) is 5.69 Å². The van der Waals surface area contributed by atoms with E-state index in [0.29, 0.717) is 6.04 Å². The van der Waals surface area contributed by atoms with Crippen LogP contribution in [0.25, 0.3) is 0 Å². The Labute approximate surface area is 125 Å². The van der Waals surface area contributed by atoms with Crippen molar-refractivity contribution in [3.63, 3.8) is 0 Å². The van der Waals surface area contributed by atoms with Gasteiger partial charge in [0.1, 0.15) is 6.54 Å². The molecule has 6 nitrogen and oxygen atoms in total. The zero-order valence-electron chi connectivity index (χ0n) is 12.9. The Morgan fingerprint density at radius 3 is 2.95 bits per heavy atom. The van der Waals surface area contributed by atoms with E-state index >= 15 is 0 Å². The molecule has 1 aromatic heterocycles. The van der Waals surface area contributed by atoms with Gasteiger partial charge in [0.05, 0.1) is 18.5 Å². The number of hydrogen-bond donors (Lipinski definition) is 3. The zero-order chi connectivity index (χ0) is 15.2. The van der Waals surface area contributed by atoms with E-state index in [0.717, 1.165) is 17.5 Å². The molecule has 1 aliphatic rings. The summed E-state index contributed by atoms with van der Waals surface area (Å²) in [5, 5.41) is 19.0. The Morgan fingerprint density at radius 1 is 1.43 bits per heavy atom. The maximum atomic E-state index is 11.5. The van der Waals surface area contributed by atoms with Crippen LogP contribution in [0.1, 0.15) is 33.1 Å². The first-order valence-electron chi connectivity index (χ1n) is 7.75. The smallest absolute Gasteiger partial charge is 0.241 e. The van der Waals surface area contributed by atoms with Gasteiger partial charge in [-0.3, -0.25) is 9.48 Å². The summed E-state index contributed by atoms with van der Waals surface area (Å²) in [5.41, 5.74) is 0.969. The van der Waals surface area contributed by atoms with Crippen molar-refractivity contribution < 1.29 is 9.90 Å². The largest absolute Gasteiger partial charge is 0.395 e. The fourth-order valence-electron chi connectivity index (χ4n) is 2.84. The molecule has 0 bridgehead atoms. The lowest BCUT2D eigenvalue weighted by Gasteiger charge is -2.32. The molecule has 1 fully saturated rings. The highest BCUT2D eigenvalue weighted by atomic mass is 16.3. The first-order valence-corrected chi connectivity index (χ1v) is 7.75. The van der Waals surface area contributed by atoms with E-state index in [1.807, 2.05) is 6.20 Å². The number of rotatable bonds is 6. The number of amides is 1. The van der Waals surface area contributed by atoms with Gasteiger partial charge in [-0.05, 0) is 31.1 Å². The number of anilines is 1. The van der Waals surface area contributed by atoms with Gasteiger partial charge in [0.15, 0.2) is 0 Å². The second-order valence-electron chi connectivity index (χ2n) is 6.11. The van der Waals surface area contributed by atoms with Crippen molar-refractivity contribution in [2.24, 2.45) is 11.8 Å². The Kier molecular flexibility index (Phi) is 5.61. The van der Waals surface area contributed by atoms with Crippen LogP contribution in [0.3, 0.4) is 0 Å². The normalized spacial score (nSPS) is 25.6. The van der Waals surface area contributed by atoms with Crippen molar-refractivity contribution in [1.82, 2.24) is 15.1 Å². The molecule has 0 aromatic carbocycles. The van der Waals surface area contributed by atoms with Crippen LogP contribution < -0.4 is 10.6 Å². The standard InChI is InChI=1S/C15H26N4O2/c1-11-3-4-13(7-12(11)2)18-14-8-17-19(9-14)10-15(21)16-5-6-20/h8-9,11-13,18,20H,3-7,10H2,1-2H3,(H,16,21)/t11-,12+,13+/m1/s1. The minimum Gasteiger partial charge on any atom is -0.395 e. The third-order valence-corrected chi connectivity index (χ3v) is 4.34. The van der Waals surface area contributed by atoms with Crippen LogP contribution in [-0.4, -0.2) is 40.0 Å². The van der Waals surface area contributed by atoms with Crippen molar-refractivity contribution in [2.45, 2.75) is 45.7 Å². The lowest BCUT2D eigenvalue weighted by atomic mass is 9.79. The van der Waals surface area contributed by atoms with Crippen molar-refractivity contribution in [2.75, 3.05) is 18.5 Å². The maximum absolute atomic E-state index is 11.5. The molecule has 0 radical (unpaired) electrons. The fourth-order valence-corrected chi connectivity index (χ4v) is 2.84. The number of aliphatic hydroxyl groups is 1. The van der Waals surface area contributed by atoms with Crippen LogP contribution in [0.5, 0.6) is 0 Å². The molecule has 0 unspecified atom stereocenters. The predicted molar refractivity (Wildman–Crippen MR) is 81.9 cm³/mol. The molecule has 3 N–H and O–H groups in total. The molecule has 1 heterocycles. The van der Waals surface area contributed by atoms with Crippen molar-refractivity contribution in [1.29, 1.82) is 0 Å². The second-order valence-corrected chi connectivity index (χ2v) is 6.11. The van der Waals surface area contributed by atoms with Gasteiger partial charge in [-0.2, -0.15) is 5.10 Å². The van der Waals surface area contributed by atoms with Crippen LogP contribution in [0.2, 0.25) is 0 Å². The molecule has 1 amide bonds. The van der Waals surface area contributed by atoms with Crippen molar-refractivity contribution in [3.05, 3.63) is 12.4 Å². The molecule has 118 valence electrons. The summed E-state index contributed by atoms with van der Waals surface area (Å²) in [6.07, 6.45) is 7.26. The summed E-state index contributed by atoms with van der Waals surface area (Å²) < 4.78 is 1.62. The van der Waals surface area contributed by atoms with E-state index in [1.54, 1.807) is 10.9 Å². The van der Waals surface area contributed by atoms with Crippen molar-refractivity contribution >= 4 is 11.6 Å². The average Bonchev–Trinajstić information content (AvgIpc) is 2.88. The average molecular weight is 294 g/mol. The molecule has 1 aliphatic carbocycles. The number of hydrogen-bond acceptors (Lipinski definition) is 4.